The van der Waals surface area contributed by atoms with Gasteiger partial charge in [-0.25, -0.2) is 4.68 Å². The summed E-state index contributed by atoms with van der Waals surface area (Å²) in [5, 5.41) is 8.08. The third-order valence-corrected chi connectivity index (χ3v) is 3.81. The van der Waals surface area contributed by atoms with Gasteiger partial charge in [-0.15, -0.1) is 0 Å². The van der Waals surface area contributed by atoms with Gasteiger partial charge in [0.15, 0.2) is 0 Å². The summed E-state index contributed by atoms with van der Waals surface area (Å²) >= 11 is 11.9. The van der Waals surface area contributed by atoms with E-state index in [2.05, 4.69) is 10.4 Å². The lowest BCUT2D eigenvalue weighted by Crippen LogP contribution is -2.27. The number of carbonyl (C=O) groups is 1. The minimum absolute atomic E-state index is 0.118. The van der Waals surface area contributed by atoms with E-state index in [-0.39, 0.29) is 5.91 Å². The number of nitrogens with zero attached hydrogens (tertiary/aromatic N) is 2. The second-order valence-corrected chi connectivity index (χ2v) is 6.07. The average molecular weight is 326 g/mol. The molecule has 0 saturated carbocycles. The zero-order valence-electron chi connectivity index (χ0n) is 12.2. The third kappa shape index (κ3) is 3.57. The van der Waals surface area contributed by atoms with Crippen LogP contribution in [-0.4, -0.2) is 22.2 Å². The van der Waals surface area contributed by atoms with E-state index in [9.17, 15) is 4.79 Å². The molecule has 1 amide bonds. The lowest BCUT2D eigenvalue weighted by molar-refractivity contribution is 0.0948. The fourth-order valence-corrected chi connectivity index (χ4v) is 2.19. The van der Waals surface area contributed by atoms with Gasteiger partial charge < -0.3 is 5.32 Å². The van der Waals surface area contributed by atoms with Gasteiger partial charge in [-0.05, 0) is 31.0 Å². The SMILES string of the molecule is Cc1c(C(=O)NCC(C)C)cnn1-c1ccc(Cl)c(Cl)c1. The molecule has 2 rings (SSSR count). The summed E-state index contributed by atoms with van der Waals surface area (Å²) in [4.78, 5) is 12.1. The van der Waals surface area contributed by atoms with Crippen molar-refractivity contribution in [3.63, 3.8) is 0 Å². The molecule has 0 aliphatic rings. The molecule has 1 N–H and O–H groups in total. The first-order valence-electron chi connectivity index (χ1n) is 6.68. The van der Waals surface area contributed by atoms with E-state index < -0.39 is 0 Å². The van der Waals surface area contributed by atoms with Crippen molar-refractivity contribution in [1.29, 1.82) is 0 Å². The van der Waals surface area contributed by atoms with Crippen molar-refractivity contribution in [1.82, 2.24) is 15.1 Å². The van der Waals surface area contributed by atoms with Gasteiger partial charge in [-0.3, -0.25) is 4.79 Å². The van der Waals surface area contributed by atoms with Crippen molar-refractivity contribution in [3.8, 4) is 5.69 Å². The standard InChI is InChI=1S/C15H17Cl2N3O/c1-9(2)7-18-15(21)12-8-19-20(10(12)3)11-4-5-13(16)14(17)6-11/h4-6,8-9H,7H2,1-3H3,(H,18,21). The molecule has 0 unspecified atom stereocenters. The monoisotopic (exact) mass is 325 g/mol. The van der Waals surface area contributed by atoms with Gasteiger partial charge in [-0.2, -0.15) is 5.10 Å². The predicted octanol–water partition coefficient (Wildman–Crippen LogP) is 3.87. The number of nitrogens with one attached hydrogen (secondary N) is 1. The van der Waals surface area contributed by atoms with E-state index in [1.807, 2.05) is 26.8 Å². The van der Waals surface area contributed by atoms with Crippen molar-refractivity contribution in [2.24, 2.45) is 5.92 Å². The van der Waals surface area contributed by atoms with Crippen LogP contribution in [0.2, 0.25) is 10.0 Å². The number of hydrogen-bond donors (Lipinski definition) is 1. The molecule has 0 bridgehead atoms. The number of aromatic nitrogens is 2. The smallest absolute Gasteiger partial charge is 0.254 e. The Balaban J connectivity index is 2.27. The van der Waals surface area contributed by atoms with Crippen molar-refractivity contribution in [2.75, 3.05) is 6.54 Å². The van der Waals surface area contributed by atoms with E-state index >= 15 is 0 Å². The summed E-state index contributed by atoms with van der Waals surface area (Å²) in [6, 6.07) is 5.24. The Morgan fingerprint density at radius 3 is 2.67 bits per heavy atom. The van der Waals surface area contributed by atoms with Crippen LogP contribution >= 0.6 is 23.2 Å². The van der Waals surface area contributed by atoms with Crippen molar-refractivity contribution < 1.29 is 4.79 Å². The van der Waals surface area contributed by atoms with E-state index in [0.717, 1.165) is 11.4 Å². The van der Waals surface area contributed by atoms with Gasteiger partial charge >= 0.3 is 0 Å². The van der Waals surface area contributed by atoms with E-state index in [1.165, 1.54) is 0 Å². The normalized spacial score (nSPS) is 11.0. The summed E-state index contributed by atoms with van der Waals surface area (Å²) in [5.41, 5.74) is 2.08. The highest BCUT2D eigenvalue weighted by Crippen LogP contribution is 2.25. The number of benzene rings is 1. The Morgan fingerprint density at radius 2 is 2.05 bits per heavy atom. The van der Waals surface area contributed by atoms with Crippen LogP contribution in [0.5, 0.6) is 0 Å². The highest BCUT2D eigenvalue weighted by atomic mass is 35.5. The molecule has 0 atom stereocenters. The second kappa shape index (κ2) is 6.50. The maximum Gasteiger partial charge on any atom is 0.254 e. The van der Waals surface area contributed by atoms with Crippen molar-refractivity contribution in [2.45, 2.75) is 20.8 Å². The average Bonchev–Trinajstić information content (AvgIpc) is 2.81. The zero-order chi connectivity index (χ0) is 15.6. The second-order valence-electron chi connectivity index (χ2n) is 5.26. The number of halogens is 2. The fraction of sp³-hybridized carbons (Fsp3) is 0.333. The molecular formula is C15H17Cl2N3O. The maximum atomic E-state index is 12.1. The molecule has 4 nitrogen and oxygen atoms in total. The van der Waals surface area contributed by atoms with Gasteiger partial charge in [0, 0.05) is 6.54 Å². The van der Waals surface area contributed by atoms with Crippen molar-refractivity contribution in [3.05, 3.63) is 45.7 Å². The molecule has 1 aromatic carbocycles. The van der Waals surface area contributed by atoms with Crippen LogP contribution in [0.15, 0.2) is 24.4 Å². The van der Waals surface area contributed by atoms with Gasteiger partial charge in [0.1, 0.15) is 0 Å². The number of carbonyl (C=O) groups excluding carboxylic acids is 1. The molecule has 0 aliphatic heterocycles. The van der Waals surface area contributed by atoms with Crippen LogP contribution in [0.4, 0.5) is 0 Å². The topological polar surface area (TPSA) is 46.9 Å². The molecule has 0 aliphatic carbocycles. The highest BCUT2D eigenvalue weighted by Gasteiger charge is 2.15. The van der Waals surface area contributed by atoms with Crippen molar-refractivity contribution >= 4 is 29.1 Å². The molecule has 0 fully saturated rings. The molecule has 0 saturated heterocycles. The molecule has 0 radical (unpaired) electrons. The Kier molecular flexibility index (Phi) is 4.91. The summed E-state index contributed by atoms with van der Waals surface area (Å²) in [6.07, 6.45) is 1.56. The van der Waals surface area contributed by atoms with Crippen LogP contribution in [0.3, 0.4) is 0 Å². The molecule has 21 heavy (non-hydrogen) atoms. The minimum atomic E-state index is -0.118. The maximum absolute atomic E-state index is 12.1. The van der Waals surface area contributed by atoms with E-state index in [4.69, 9.17) is 23.2 Å². The van der Waals surface area contributed by atoms with Gasteiger partial charge in [0.05, 0.1) is 33.2 Å². The Bertz CT molecular complexity index is 665. The highest BCUT2D eigenvalue weighted by molar-refractivity contribution is 6.42. The first kappa shape index (κ1) is 15.9. The Morgan fingerprint density at radius 1 is 1.33 bits per heavy atom. The van der Waals surface area contributed by atoms with E-state index in [1.54, 1.807) is 23.0 Å². The molecule has 2 aromatic rings. The molecule has 112 valence electrons. The van der Waals surface area contributed by atoms with Crippen LogP contribution in [0, 0.1) is 12.8 Å². The molecule has 1 heterocycles. The summed E-state index contributed by atoms with van der Waals surface area (Å²) in [5.74, 6) is 0.284. The number of rotatable bonds is 4. The summed E-state index contributed by atoms with van der Waals surface area (Å²) in [6.45, 7) is 6.58. The van der Waals surface area contributed by atoms with Gasteiger partial charge in [0.25, 0.3) is 5.91 Å². The molecule has 0 spiro atoms. The molecule has 6 heteroatoms. The summed E-state index contributed by atoms with van der Waals surface area (Å²) < 4.78 is 1.67. The lowest BCUT2D eigenvalue weighted by Gasteiger charge is -2.08. The fourth-order valence-electron chi connectivity index (χ4n) is 1.90. The van der Waals surface area contributed by atoms with Crippen LogP contribution in [0.25, 0.3) is 5.69 Å². The predicted molar refractivity (Wildman–Crippen MR) is 85.5 cm³/mol. The largest absolute Gasteiger partial charge is 0.352 e. The van der Waals surface area contributed by atoms with Gasteiger partial charge in [-0.1, -0.05) is 37.0 Å². The first-order chi connectivity index (χ1) is 9.90. The first-order valence-corrected chi connectivity index (χ1v) is 7.44. The Hall–Kier alpha value is -1.52. The summed E-state index contributed by atoms with van der Waals surface area (Å²) in [7, 11) is 0. The Labute approximate surface area is 134 Å². The van der Waals surface area contributed by atoms with E-state index in [0.29, 0.717) is 28.1 Å². The molecular weight excluding hydrogens is 309 g/mol. The number of amides is 1. The molecule has 1 aromatic heterocycles. The zero-order valence-corrected chi connectivity index (χ0v) is 13.7. The quantitative estimate of drug-likeness (QED) is 0.927. The lowest BCUT2D eigenvalue weighted by atomic mass is 10.2. The van der Waals surface area contributed by atoms with Crippen LogP contribution in [-0.2, 0) is 0 Å². The third-order valence-electron chi connectivity index (χ3n) is 3.07. The van der Waals surface area contributed by atoms with Crippen LogP contribution in [0.1, 0.15) is 29.9 Å². The minimum Gasteiger partial charge on any atom is -0.352 e. The number of hydrogen-bond acceptors (Lipinski definition) is 2. The van der Waals surface area contributed by atoms with Gasteiger partial charge in [0.2, 0.25) is 0 Å². The van der Waals surface area contributed by atoms with Crippen LogP contribution < -0.4 is 5.32 Å².